The van der Waals surface area contributed by atoms with Gasteiger partial charge >= 0.3 is 0 Å². The zero-order chi connectivity index (χ0) is 14.7. The van der Waals surface area contributed by atoms with E-state index >= 15 is 0 Å². The zero-order valence-corrected chi connectivity index (χ0v) is 11.7. The second-order valence-corrected chi connectivity index (χ2v) is 4.57. The van der Waals surface area contributed by atoms with Crippen molar-refractivity contribution in [2.45, 2.75) is 13.8 Å². The molecule has 2 aromatic rings. The highest BCUT2D eigenvalue weighted by molar-refractivity contribution is 6.33. The molecule has 1 aromatic carbocycles. The van der Waals surface area contributed by atoms with Gasteiger partial charge in [0.15, 0.2) is 0 Å². The van der Waals surface area contributed by atoms with Crippen molar-refractivity contribution in [1.82, 2.24) is 5.43 Å². The summed E-state index contributed by atoms with van der Waals surface area (Å²) in [4.78, 5) is 11.8. The average molecular weight is 295 g/mol. The van der Waals surface area contributed by atoms with Gasteiger partial charge in [0.1, 0.15) is 17.3 Å². The maximum atomic E-state index is 13.5. The van der Waals surface area contributed by atoms with Gasteiger partial charge in [-0.15, -0.1) is 0 Å². The molecule has 0 aliphatic heterocycles. The Labute approximate surface area is 120 Å². The molecule has 104 valence electrons. The predicted molar refractivity (Wildman–Crippen MR) is 74.7 cm³/mol. The van der Waals surface area contributed by atoms with Crippen LogP contribution < -0.4 is 5.43 Å². The number of hydrazone groups is 1. The third kappa shape index (κ3) is 3.05. The number of carbonyl (C=O) groups excluding carboxylic acids is 1. The molecule has 20 heavy (non-hydrogen) atoms. The number of aryl methyl sites for hydroxylation is 2. The van der Waals surface area contributed by atoms with Gasteiger partial charge in [-0.1, -0.05) is 17.7 Å². The molecule has 0 aliphatic carbocycles. The van der Waals surface area contributed by atoms with Crippen LogP contribution in [0.5, 0.6) is 0 Å². The number of hydrogen-bond donors (Lipinski definition) is 1. The summed E-state index contributed by atoms with van der Waals surface area (Å²) in [5.74, 6) is 0.196. The maximum Gasteiger partial charge on any atom is 0.274 e. The molecule has 1 heterocycles. The SMILES string of the molecule is Cc1cc(C(=O)N/N=C/c2c(F)cccc2Cl)c(C)o1. The highest BCUT2D eigenvalue weighted by atomic mass is 35.5. The van der Waals surface area contributed by atoms with Crippen molar-refractivity contribution < 1.29 is 13.6 Å². The van der Waals surface area contributed by atoms with Crippen molar-refractivity contribution in [2.24, 2.45) is 5.10 Å². The number of hydrogen-bond acceptors (Lipinski definition) is 3. The molecule has 2 rings (SSSR count). The van der Waals surface area contributed by atoms with Gasteiger partial charge in [0.25, 0.3) is 5.91 Å². The Bertz CT molecular complexity index is 660. The summed E-state index contributed by atoms with van der Waals surface area (Å²) < 4.78 is 18.7. The minimum absolute atomic E-state index is 0.120. The van der Waals surface area contributed by atoms with E-state index in [9.17, 15) is 9.18 Å². The molecule has 0 radical (unpaired) electrons. The summed E-state index contributed by atoms with van der Waals surface area (Å²) in [7, 11) is 0. The van der Waals surface area contributed by atoms with E-state index in [0.717, 1.165) is 6.21 Å². The van der Waals surface area contributed by atoms with E-state index in [4.69, 9.17) is 16.0 Å². The third-order valence-electron chi connectivity index (χ3n) is 2.65. The average Bonchev–Trinajstić information content (AvgIpc) is 2.72. The Balaban J connectivity index is 2.11. The Morgan fingerprint density at radius 3 is 2.80 bits per heavy atom. The van der Waals surface area contributed by atoms with Gasteiger partial charge in [-0.25, -0.2) is 9.82 Å². The lowest BCUT2D eigenvalue weighted by Crippen LogP contribution is -2.17. The topological polar surface area (TPSA) is 54.6 Å². The molecule has 0 saturated heterocycles. The minimum atomic E-state index is -0.508. The second-order valence-electron chi connectivity index (χ2n) is 4.16. The van der Waals surface area contributed by atoms with Crippen LogP contribution in [0.25, 0.3) is 0 Å². The molecule has 6 heteroatoms. The number of benzene rings is 1. The maximum absolute atomic E-state index is 13.5. The van der Waals surface area contributed by atoms with E-state index in [0.29, 0.717) is 17.1 Å². The summed E-state index contributed by atoms with van der Waals surface area (Å²) in [6.45, 7) is 3.42. The highest BCUT2D eigenvalue weighted by Crippen LogP contribution is 2.16. The second kappa shape index (κ2) is 5.88. The number of rotatable bonds is 3. The summed E-state index contributed by atoms with van der Waals surface area (Å²) >= 11 is 5.83. The van der Waals surface area contributed by atoms with E-state index in [-0.39, 0.29) is 10.6 Å². The molecule has 1 amide bonds. The van der Waals surface area contributed by atoms with E-state index in [1.54, 1.807) is 19.9 Å². The molecule has 0 fully saturated rings. The Morgan fingerprint density at radius 1 is 1.45 bits per heavy atom. The van der Waals surface area contributed by atoms with Crippen LogP contribution in [-0.2, 0) is 0 Å². The fourth-order valence-electron chi connectivity index (χ4n) is 1.71. The van der Waals surface area contributed by atoms with Crippen LogP contribution in [0.3, 0.4) is 0 Å². The molecule has 1 N–H and O–H groups in total. The van der Waals surface area contributed by atoms with Crippen LogP contribution in [-0.4, -0.2) is 12.1 Å². The van der Waals surface area contributed by atoms with Gasteiger partial charge in [-0.05, 0) is 32.0 Å². The number of nitrogens with zero attached hydrogens (tertiary/aromatic N) is 1. The predicted octanol–water partition coefficient (Wildman–Crippen LogP) is 3.45. The monoisotopic (exact) mass is 294 g/mol. The molecular weight excluding hydrogens is 283 g/mol. The fraction of sp³-hybridized carbons (Fsp3) is 0.143. The smallest absolute Gasteiger partial charge is 0.274 e. The van der Waals surface area contributed by atoms with Crippen LogP contribution >= 0.6 is 11.6 Å². The molecule has 0 aliphatic rings. The first-order chi connectivity index (χ1) is 9.49. The van der Waals surface area contributed by atoms with Gasteiger partial charge in [-0.3, -0.25) is 4.79 Å². The first-order valence-electron chi connectivity index (χ1n) is 5.83. The van der Waals surface area contributed by atoms with E-state index in [2.05, 4.69) is 10.5 Å². The lowest BCUT2D eigenvalue weighted by atomic mass is 10.2. The van der Waals surface area contributed by atoms with Crippen LogP contribution in [0.1, 0.15) is 27.4 Å². The molecule has 0 bridgehead atoms. The number of halogens is 2. The quantitative estimate of drug-likeness (QED) is 0.696. The largest absolute Gasteiger partial charge is 0.466 e. The Kier molecular flexibility index (Phi) is 4.20. The lowest BCUT2D eigenvalue weighted by molar-refractivity contribution is 0.0953. The molecular formula is C14H12ClFN2O2. The van der Waals surface area contributed by atoms with Crippen LogP contribution in [0.4, 0.5) is 4.39 Å². The summed E-state index contributed by atoms with van der Waals surface area (Å²) in [6.07, 6.45) is 1.16. The standard InChI is InChI=1S/C14H12ClFN2O2/c1-8-6-10(9(2)20-8)14(19)18-17-7-11-12(15)4-3-5-13(11)16/h3-7H,1-2H3,(H,18,19)/b17-7+. The van der Waals surface area contributed by atoms with Crippen LogP contribution in [0.15, 0.2) is 33.8 Å². The van der Waals surface area contributed by atoms with Gasteiger partial charge in [0.2, 0.25) is 0 Å². The summed E-state index contributed by atoms with van der Waals surface area (Å²) in [5.41, 5.74) is 2.81. The number of carbonyl (C=O) groups is 1. The highest BCUT2D eigenvalue weighted by Gasteiger charge is 2.12. The van der Waals surface area contributed by atoms with Crippen molar-refractivity contribution in [3.63, 3.8) is 0 Å². The fourth-order valence-corrected chi connectivity index (χ4v) is 1.92. The van der Waals surface area contributed by atoms with E-state index in [1.807, 2.05) is 0 Å². The first-order valence-corrected chi connectivity index (χ1v) is 6.21. The Morgan fingerprint density at radius 2 is 2.20 bits per heavy atom. The molecule has 0 unspecified atom stereocenters. The molecule has 1 aromatic heterocycles. The zero-order valence-electron chi connectivity index (χ0n) is 10.9. The van der Waals surface area contributed by atoms with Gasteiger partial charge in [0.05, 0.1) is 16.8 Å². The first kappa shape index (κ1) is 14.3. The van der Waals surface area contributed by atoms with E-state index in [1.165, 1.54) is 18.2 Å². The number of nitrogens with one attached hydrogen (secondary N) is 1. The molecule has 0 saturated carbocycles. The normalized spacial score (nSPS) is 11.0. The summed E-state index contributed by atoms with van der Waals surface area (Å²) in [5, 5.41) is 3.92. The van der Waals surface area contributed by atoms with Crippen molar-refractivity contribution >= 4 is 23.7 Å². The number of furan rings is 1. The number of amides is 1. The third-order valence-corrected chi connectivity index (χ3v) is 2.97. The van der Waals surface area contributed by atoms with Crippen molar-refractivity contribution in [2.75, 3.05) is 0 Å². The van der Waals surface area contributed by atoms with Crippen molar-refractivity contribution in [3.8, 4) is 0 Å². The van der Waals surface area contributed by atoms with Crippen molar-refractivity contribution in [3.05, 3.63) is 57.8 Å². The molecule has 4 nitrogen and oxygen atoms in total. The van der Waals surface area contributed by atoms with E-state index < -0.39 is 11.7 Å². The minimum Gasteiger partial charge on any atom is -0.466 e. The van der Waals surface area contributed by atoms with Gasteiger partial charge < -0.3 is 4.42 Å². The summed E-state index contributed by atoms with van der Waals surface area (Å²) in [6, 6.07) is 5.90. The van der Waals surface area contributed by atoms with Crippen molar-refractivity contribution in [1.29, 1.82) is 0 Å². The Hall–Kier alpha value is -2.14. The lowest BCUT2D eigenvalue weighted by Gasteiger charge is -2.00. The molecule has 0 spiro atoms. The van der Waals surface area contributed by atoms with Gasteiger partial charge in [0, 0.05) is 5.56 Å². The van der Waals surface area contributed by atoms with Crippen LogP contribution in [0.2, 0.25) is 5.02 Å². The molecule has 0 atom stereocenters. The van der Waals surface area contributed by atoms with Crippen LogP contribution in [0, 0.1) is 19.7 Å². The van der Waals surface area contributed by atoms with Gasteiger partial charge in [-0.2, -0.15) is 5.10 Å².